The van der Waals surface area contributed by atoms with Crippen molar-refractivity contribution in [3.8, 4) is 5.75 Å². The van der Waals surface area contributed by atoms with Crippen molar-refractivity contribution in [1.29, 1.82) is 0 Å². The maximum Gasteiger partial charge on any atom is 0.292 e. The normalized spacial score (nSPS) is 10.3. The van der Waals surface area contributed by atoms with Crippen LogP contribution in [0, 0.1) is 5.82 Å². The second-order valence-corrected chi connectivity index (χ2v) is 3.45. The molecule has 0 unspecified atom stereocenters. The molecule has 0 fully saturated rings. The van der Waals surface area contributed by atoms with Crippen molar-refractivity contribution >= 4 is 0 Å². The second kappa shape index (κ2) is 4.18. The van der Waals surface area contributed by atoms with Gasteiger partial charge in [-0.2, -0.15) is 0 Å². The molecule has 2 rings (SSSR count). The Morgan fingerprint density at radius 1 is 1.19 bits per heavy atom. The van der Waals surface area contributed by atoms with Crippen LogP contribution in [0.15, 0.2) is 47.4 Å². The van der Waals surface area contributed by atoms with Gasteiger partial charge in [0, 0.05) is 6.20 Å². The van der Waals surface area contributed by atoms with E-state index in [1.165, 1.54) is 22.8 Å². The number of aromatic nitrogens is 1. The van der Waals surface area contributed by atoms with Crippen molar-refractivity contribution < 1.29 is 9.50 Å². The number of rotatable bonds is 2. The zero-order chi connectivity index (χ0) is 11.5. The van der Waals surface area contributed by atoms with Gasteiger partial charge in [0.05, 0.1) is 6.54 Å². The summed E-state index contributed by atoms with van der Waals surface area (Å²) in [6.45, 7) is 0.313. The van der Waals surface area contributed by atoms with Gasteiger partial charge in [-0.1, -0.05) is 12.1 Å². The Bertz CT molecular complexity index is 546. The predicted octanol–water partition coefficient (Wildman–Crippen LogP) is 1.74. The number of hydrogen-bond donors (Lipinski definition) is 1. The van der Waals surface area contributed by atoms with Gasteiger partial charge in [-0.25, -0.2) is 4.39 Å². The largest absolute Gasteiger partial charge is 0.503 e. The molecule has 0 atom stereocenters. The summed E-state index contributed by atoms with van der Waals surface area (Å²) in [6.07, 6.45) is 1.57. The van der Waals surface area contributed by atoms with Crippen molar-refractivity contribution in [3.05, 3.63) is 64.3 Å². The Morgan fingerprint density at radius 2 is 1.88 bits per heavy atom. The number of pyridine rings is 1. The third kappa shape index (κ3) is 2.11. The van der Waals surface area contributed by atoms with Gasteiger partial charge < -0.3 is 9.67 Å². The second-order valence-electron chi connectivity index (χ2n) is 3.45. The van der Waals surface area contributed by atoms with Gasteiger partial charge in [-0.05, 0) is 29.8 Å². The van der Waals surface area contributed by atoms with E-state index in [9.17, 15) is 14.3 Å². The lowest BCUT2D eigenvalue weighted by molar-refractivity contribution is 0.459. The van der Waals surface area contributed by atoms with E-state index in [4.69, 9.17) is 0 Å². The summed E-state index contributed by atoms with van der Waals surface area (Å²) in [5.74, 6) is -0.600. The molecule has 0 aliphatic heterocycles. The average Bonchev–Trinajstić information content (AvgIpc) is 2.28. The Hall–Kier alpha value is -2.10. The topological polar surface area (TPSA) is 42.2 Å². The van der Waals surface area contributed by atoms with Gasteiger partial charge in [-0.15, -0.1) is 0 Å². The highest BCUT2D eigenvalue weighted by atomic mass is 19.1. The minimum Gasteiger partial charge on any atom is -0.503 e. The van der Waals surface area contributed by atoms with Crippen molar-refractivity contribution in [3.63, 3.8) is 0 Å². The molecule has 0 spiro atoms. The Kier molecular flexibility index (Phi) is 2.72. The first-order valence-corrected chi connectivity index (χ1v) is 4.80. The molecule has 0 saturated carbocycles. The van der Waals surface area contributed by atoms with Crippen LogP contribution >= 0.6 is 0 Å². The SMILES string of the molecule is O=c1c(O)cccn1Cc1ccc(F)cc1. The lowest BCUT2D eigenvalue weighted by atomic mass is 10.2. The molecule has 0 saturated heterocycles. The summed E-state index contributed by atoms with van der Waals surface area (Å²) in [6, 6.07) is 8.80. The highest BCUT2D eigenvalue weighted by molar-refractivity contribution is 5.19. The fraction of sp³-hybridized carbons (Fsp3) is 0.0833. The van der Waals surface area contributed by atoms with Gasteiger partial charge >= 0.3 is 0 Å². The molecular formula is C12H10FNO2. The van der Waals surface area contributed by atoms with E-state index in [-0.39, 0.29) is 11.6 Å². The van der Waals surface area contributed by atoms with E-state index in [0.29, 0.717) is 6.54 Å². The fourth-order valence-corrected chi connectivity index (χ4v) is 1.44. The fourth-order valence-electron chi connectivity index (χ4n) is 1.44. The number of nitrogens with zero attached hydrogens (tertiary/aromatic N) is 1. The van der Waals surface area contributed by atoms with E-state index in [2.05, 4.69) is 0 Å². The minimum atomic E-state index is -0.452. The molecule has 82 valence electrons. The van der Waals surface area contributed by atoms with Gasteiger partial charge in [0.15, 0.2) is 5.75 Å². The van der Waals surface area contributed by atoms with Gasteiger partial charge in [0.25, 0.3) is 5.56 Å². The third-order valence-electron chi connectivity index (χ3n) is 2.27. The molecule has 0 aliphatic carbocycles. The third-order valence-corrected chi connectivity index (χ3v) is 2.27. The molecule has 1 aromatic heterocycles. The van der Waals surface area contributed by atoms with Crippen LogP contribution in [0.3, 0.4) is 0 Å². The average molecular weight is 219 g/mol. The summed E-state index contributed by atoms with van der Waals surface area (Å²) in [5, 5.41) is 9.23. The van der Waals surface area contributed by atoms with Crippen LogP contribution in [-0.2, 0) is 6.54 Å². The maximum absolute atomic E-state index is 12.7. The first-order valence-electron chi connectivity index (χ1n) is 4.80. The summed E-state index contributed by atoms with van der Waals surface area (Å²) < 4.78 is 14.0. The predicted molar refractivity (Wildman–Crippen MR) is 57.9 cm³/mol. The lowest BCUT2D eigenvalue weighted by Crippen LogP contribution is -2.18. The van der Waals surface area contributed by atoms with Crippen LogP contribution in [0.25, 0.3) is 0 Å². The smallest absolute Gasteiger partial charge is 0.292 e. The van der Waals surface area contributed by atoms with Crippen LogP contribution in [0.4, 0.5) is 4.39 Å². The molecule has 16 heavy (non-hydrogen) atoms. The minimum absolute atomic E-state index is 0.287. The summed E-state index contributed by atoms with van der Waals surface area (Å²) >= 11 is 0. The monoisotopic (exact) mass is 219 g/mol. The Balaban J connectivity index is 2.31. The summed E-state index contributed by atoms with van der Waals surface area (Å²) in [4.78, 5) is 11.5. The number of benzene rings is 1. The van der Waals surface area contributed by atoms with Crippen LogP contribution in [0.5, 0.6) is 5.75 Å². The van der Waals surface area contributed by atoms with E-state index in [1.807, 2.05) is 0 Å². The highest BCUT2D eigenvalue weighted by Crippen LogP contribution is 2.05. The van der Waals surface area contributed by atoms with Gasteiger partial charge in [-0.3, -0.25) is 4.79 Å². The van der Waals surface area contributed by atoms with Gasteiger partial charge in [0.2, 0.25) is 0 Å². The van der Waals surface area contributed by atoms with Crippen LogP contribution in [-0.4, -0.2) is 9.67 Å². The molecule has 1 heterocycles. The lowest BCUT2D eigenvalue weighted by Gasteiger charge is -2.05. The molecule has 0 aliphatic rings. The number of halogens is 1. The van der Waals surface area contributed by atoms with E-state index >= 15 is 0 Å². The molecule has 3 nitrogen and oxygen atoms in total. The Labute approximate surface area is 91.4 Å². The van der Waals surface area contributed by atoms with Crippen molar-refractivity contribution in [1.82, 2.24) is 4.57 Å². The standard InChI is InChI=1S/C12H10FNO2/c13-10-5-3-9(4-6-10)8-14-7-1-2-11(15)12(14)16/h1-7,15H,8H2. The first-order chi connectivity index (χ1) is 7.66. The Morgan fingerprint density at radius 3 is 2.56 bits per heavy atom. The summed E-state index contributed by atoms with van der Waals surface area (Å²) in [7, 11) is 0. The van der Waals surface area contributed by atoms with Gasteiger partial charge in [0.1, 0.15) is 5.82 Å². The van der Waals surface area contributed by atoms with Crippen molar-refractivity contribution in [2.75, 3.05) is 0 Å². The van der Waals surface area contributed by atoms with Crippen molar-refractivity contribution in [2.24, 2.45) is 0 Å². The molecule has 2 aromatic rings. The molecule has 0 bridgehead atoms. The molecule has 4 heteroatoms. The highest BCUT2D eigenvalue weighted by Gasteiger charge is 2.01. The van der Waals surface area contributed by atoms with E-state index < -0.39 is 5.56 Å². The quantitative estimate of drug-likeness (QED) is 0.835. The zero-order valence-corrected chi connectivity index (χ0v) is 8.43. The maximum atomic E-state index is 12.7. The number of aromatic hydroxyl groups is 1. The van der Waals surface area contributed by atoms with E-state index in [0.717, 1.165) is 5.56 Å². The van der Waals surface area contributed by atoms with Crippen LogP contribution < -0.4 is 5.56 Å². The molecule has 0 radical (unpaired) electrons. The zero-order valence-electron chi connectivity index (χ0n) is 8.43. The molecule has 1 N–H and O–H groups in total. The molecular weight excluding hydrogens is 209 g/mol. The summed E-state index contributed by atoms with van der Waals surface area (Å²) in [5.41, 5.74) is 0.348. The first kappa shape index (κ1) is 10.4. The molecule has 1 aromatic carbocycles. The van der Waals surface area contributed by atoms with Crippen molar-refractivity contribution in [2.45, 2.75) is 6.54 Å². The molecule has 0 amide bonds. The van der Waals surface area contributed by atoms with Crippen LogP contribution in [0.1, 0.15) is 5.56 Å². The number of hydrogen-bond acceptors (Lipinski definition) is 2. The van der Waals surface area contributed by atoms with Crippen LogP contribution in [0.2, 0.25) is 0 Å². The van der Waals surface area contributed by atoms with E-state index in [1.54, 1.807) is 24.4 Å².